The zero-order valence-electron chi connectivity index (χ0n) is 13.5. The van der Waals surface area contributed by atoms with Gasteiger partial charge in [0.25, 0.3) is 0 Å². The number of nitrogens with zero attached hydrogens (tertiary/aromatic N) is 4. The van der Waals surface area contributed by atoms with Crippen LogP contribution in [0.25, 0.3) is 11.0 Å². The van der Waals surface area contributed by atoms with E-state index >= 15 is 0 Å². The Bertz CT molecular complexity index is 877. The molecule has 0 aliphatic carbocycles. The molecule has 150 valence electrons. The SMILES string of the molecule is Nc1nc(Cl)nc2c1cnn2[C@@H]1O[C@H](COC(CO)P(=O)(O)O)[C@@H](O)[C@H]1O. The van der Waals surface area contributed by atoms with Crippen LogP contribution in [0.3, 0.4) is 0 Å². The second-order valence-electron chi connectivity index (χ2n) is 5.81. The molecule has 3 heterocycles. The number of ether oxygens (including phenoxy) is 2. The first-order valence-corrected chi connectivity index (χ1v) is 9.65. The van der Waals surface area contributed by atoms with E-state index in [2.05, 4.69) is 15.1 Å². The summed E-state index contributed by atoms with van der Waals surface area (Å²) in [7, 11) is -4.71. The van der Waals surface area contributed by atoms with Crippen molar-refractivity contribution in [3.63, 3.8) is 0 Å². The van der Waals surface area contributed by atoms with E-state index in [1.165, 1.54) is 6.20 Å². The second kappa shape index (κ2) is 7.54. The van der Waals surface area contributed by atoms with Gasteiger partial charge in [-0.15, -0.1) is 0 Å². The molecular weight excluding hydrogens is 409 g/mol. The molecule has 0 radical (unpaired) electrons. The number of hydrogen-bond donors (Lipinski definition) is 6. The van der Waals surface area contributed by atoms with Crippen molar-refractivity contribution < 1.29 is 39.1 Å². The van der Waals surface area contributed by atoms with Crippen LogP contribution in [0.15, 0.2) is 6.20 Å². The molecule has 0 amide bonds. The van der Waals surface area contributed by atoms with Gasteiger partial charge in [0.05, 0.1) is 24.8 Å². The number of aromatic nitrogens is 4. The van der Waals surface area contributed by atoms with Crippen LogP contribution in [0.5, 0.6) is 0 Å². The van der Waals surface area contributed by atoms with Crippen LogP contribution in [0.2, 0.25) is 5.28 Å². The third-order valence-electron chi connectivity index (χ3n) is 4.02. The number of rotatable bonds is 6. The lowest BCUT2D eigenvalue weighted by molar-refractivity contribution is -0.0807. The summed E-state index contributed by atoms with van der Waals surface area (Å²) in [5.41, 5.74) is 5.90. The minimum atomic E-state index is -4.71. The third kappa shape index (κ3) is 3.92. The summed E-state index contributed by atoms with van der Waals surface area (Å²) in [6, 6.07) is 0. The maximum absolute atomic E-state index is 11.2. The van der Waals surface area contributed by atoms with Gasteiger partial charge in [-0.25, -0.2) is 9.67 Å². The Kier molecular flexibility index (Phi) is 5.68. The molecule has 13 nitrogen and oxygen atoms in total. The first kappa shape index (κ1) is 20.3. The molecule has 1 aliphatic heterocycles. The van der Waals surface area contributed by atoms with Crippen LogP contribution in [0.4, 0.5) is 5.82 Å². The molecule has 1 aliphatic rings. The predicted molar refractivity (Wildman–Crippen MR) is 89.5 cm³/mol. The van der Waals surface area contributed by atoms with Gasteiger partial charge in [0.15, 0.2) is 17.7 Å². The maximum atomic E-state index is 11.2. The van der Waals surface area contributed by atoms with E-state index in [0.29, 0.717) is 5.39 Å². The van der Waals surface area contributed by atoms with Crippen LogP contribution >= 0.6 is 19.2 Å². The van der Waals surface area contributed by atoms with E-state index < -0.39 is 51.2 Å². The Morgan fingerprint density at radius 3 is 2.70 bits per heavy atom. The molecule has 27 heavy (non-hydrogen) atoms. The molecular formula is C12H17ClN5O8P. The highest BCUT2D eigenvalue weighted by Gasteiger charge is 2.45. The maximum Gasteiger partial charge on any atom is 0.356 e. The van der Waals surface area contributed by atoms with E-state index in [4.69, 9.17) is 41.7 Å². The van der Waals surface area contributed by atoms with E-state index in [-0.39, 0.29) is 16.7 Å². The van der Waals surface area contributed by atoms with Gasteiger partial charge >= 0.3 is 7.60 Å². The van der Waals surface area contributed by atoms with Crippen molar-refractivity contribution in [3.8, 4) is 0 Å². The molecule has 2 aromatic rings. The molecule has 0 spiro atoms. The van der Waals surface area contributed by atoms with Crippen LogP contribution in [-0.2, 0) is 14.0 Å². The van der Waals surface area contributed by atoms with Gasteiger partial charge in [0.1, 0.15) is 24.1 Å². The molecule has 0 saturated carbocycles. The summed E-state index contributed by atoms with van der Waals surface area (Å²) in [5.74, 6) is -1.71. The van der Waals surface area contributed by atoms with E-state index in [9.17, 15) is 14.8 Å². The monoisotopic (exact) mass is 425 g/mol. The standard InChI is InChI=1S/C12H17ClN5O8P/c13-12-16-9(14)4-1-15-18(10(4)17-12)11-8(21)7(20)5(26-11)3-25-6(2-19)27(22,23)24/h1,5-8,11,19-21H,2-3H2,(H2,14,16,17)(H2,22,23,24)/t5-,6?,7-,8-,11-/m1/s1. The molecule has 15 heteroatoms. The lowest BCUT2D eigenvalue weighted by atomic mass is 10.1. The summed E-state index contributed by atoms with van der Waals surface area (Å²) < 4.78 is 22.8. The number of nitrogens with two attached hydrogens (primary N) is 1. The van der Waals surface area contributed by atoms with Crippen LogP contribution in [0.1, 0.15) is 6.23 Å². The summed E-state index contributed by atoms with van der Waals surface area (Å²) in [6.07, 6.45) is -3.93. The number of nitrogen functional groups attached to an aromatic ring is 1. The Balaban J connectivity index is 1.80. The predicted octanol–water partition coefficient (Wildman–Crippen LogP) is -1.81. The third-order valence-corrected chi connectivity index (χ3v) is 5.25. The molecule has 1 fully saturated rings. The van der Waals surface area contributed by atoms with Gasteiger partial charge in [-0.3, -0.25) is 4.57 Å². The highest BCUT2D eigenvalue weighted by atomic mass is 35.5. The Hall–Kier alpha value is -1.41. The molecule has 1 saturated heterocycles. The molecule has 3 rings (SSSR count). The van der Waals surface area contributed by atoms with Crippen molar-refractivity contribution in [2.45, 2.75) is 30.4 Å². The lowest BCUT2D eigenvalue weighted by Crippen LogP contribution is -2.35. The molecule has 0 bridgehead atoms. The van der Waals surface area contributed by atoms with Crippen LogP contribution < -0.4 is 5.73 Å². The van der Waals surface area contributed by atoms with Crippen molar-refractivity contribution in [3.05, 3.63) is 11.5 Å². The summed E-state index contributed by atoms with van der Waals surface area (Å²) in [6.45, 7) is -1.43. The minimum Gasteiger partial charge on any atom is -0.393 e. The van der Waals surface area contributed by atoms with Gasteiger partial charge in [-0.2, -0.15) is 10.1 Å². The molecule has 5 atom stereocenters. The zero-order chi connectivity index (χ0) is 19.9. The van der Waals surface area contributed by atoms with Gasteiger partial charge in [-0.05, 0) is 11.6 Å². The summed E-state index contributed by atoms with van der Waals surface area (Å²) in [5, 5.41) is 33.7. The van der Waals surface area contributed by atoms with Gasteiger partial charge < -0.3 is 40.3 Å². The quantitative estimate of drug-likeness (QED) is 0.224. The Morgan fingerprint density at radius 1 is 1.37 bits per heavy atom. The first-order valence-electron chi connectivity index (χ1n) is 7.59. The number of fused-ring (bicyclic) bond motifs is 1. The average Bonchev–Trinajstić information content (AvgIpc) is 3.10. The summed E-state index contributed by atoms with van der Waals surface area (Å²) in [4.78, 5) is 25.9. The summed E-state index contributed by atoms with van der Waals surface area (Å²) >= 11 is 5.78. The van der Waals surface area contributed by atoms with Crippen LogP contribution in [0, 0.1) is 0 Å². The van der Waals surface area contributed by atoms with Gasteiger partial charge in [-0.1, -0.05) is 0 Å². The normalized spacial score (nSPS) is 27.3. The fourth-order valence-electron chi connectivity index (χ4n) is 2.64. The van der Waals surface area contributed by atoms with E-state index in [0.717, 1.165) is 4.68 Å². The van der Waals surface area contributed by atoms with Gasteiger partial charge in [0, 0.05) is 0 Å². The van der Waals surface area contributed by atoms with E-state index in [1.807, 2.05) is 0 Å². The van der Waals surface area contributed by atoms with Crippen molar-refractivity contribution in [1.29, 1.82) is 0 Å². The number of hydrogen-bond acceptors (Lipinski definition) is 10. The zero-order valence-corrected chi connectivity index (χ0v) is 15.2. The number of aliphatic hydroxyl groups excluding tert-OH is 3. The Morgan fingerprint density at radius 2 is 2.07 bits per heavy atom. The van der Waals surface area contributed by atoms with Gasteiger partial charge in [0.2, 0.25) is 5.28 Å². The van der Waals surface area contributed by atoms with Crippen molar-refractivity contribution in [2.75, 3.05) is 18.9 Å². The van der Waals surface area contributed by atoms with Crippen molar-refractivity contribution in [1.82, 2.24) is 19.7 Å². The fraction of sp³-hybridized carbons (Fsp3) is 0.583. The van der Waals surface area contributed by atoms with Crippen molar-refractivity contribution >= 4 is 36.0 Å². The number of halogens is 1. The molecule has 2 aromatic heterocycles. The largest absolute Gasteiger partial charge is 0.393 e. The number of aliphatic hydroxyl groups is 3. The van der Waals surface area contributed by atoms with Crippen molar-refractivity contribution in [2.24, 2.45) is 0 Å². The second-order valence-corrected chi connectivity index (χ2v) is 7.90. The highest BCUT2D eigenvalue weighted by molar-refractivity contribution is 7.52. The smallest absolute Gasteiger partial charge is 0.356 e. The molecule has 0 aromatic carbocycles. The average molecular weight is 426 g/mol. The van der Waals surface area contributed by atoms with E-state index in [1.54, 1.807) is 0 Å². The molecule has 1 unspecified atom stereocenters. The Labute approximate surface area is 156 Å². The molecule has 7 N–H and O–H groups in total. The minimum absolute atomic E-state index is 0.0663. The lowest BCUT2D eigenvalue weighted by Gasteiger charge is -2.20. The fourth-order valence-corrected chi connectivity index (χ4v) is 3.30. The topological polar surface area (TPSA) is 206 Å². The number of anilines is 1. The first-order chi connectivity index (χ1) is 12.6. The highest BCUT2D eigenvalue weighted by Crippen LogP contribution is 2.42. The van der Waals surface area contributed by atoms with Crippen LogP contribution in [-0.4, -0.2) is 82.2 Å².